The molecule has 1 unspecified atom stereocenters. The maximum atomic E-state index is 3.80. The first-order valence-corrected chi connectivity index (χ1v) is 9.32. The second-order valence-corrected chi connectivity index (χ2v) is 8.76. The number of halogens is 2. The standard InChI is InChI=1S/C17H26Br2N2/c1-12(15-6-5-13(18)11-16(15)19)20-14-7-9-21(10-8-14)17(2,3)4/h5-6,11-12,14,20H,7-10H2,1-4H3. The van der Waals surface area contributed by atoms with Crippen LogP contribution in [-0.2, 0) is 0 Å². The van der Waals surface area contributed by atoms with Gasteiger partial charge in [0.05, 0.1) is 0 Å². The van der Waals surface area contributed by atoms with E-state index in [0.29, 0.717) is 17.6 Å². The summed E-state index contributed by atoms with van der Waals surface area (Å²) < 4.78 is 2.29. The molecule has 4 heteroatoms. The van der Waals surface area contributed by atoms with E-state index in [9.17, 15) is 0 Å². The van der Waals surface area contributed by atoms with Crippen molar-refractivity contribution in [3.05, 3.63) is 32.7 Å². The van der Waals surface area contributed by atoms with Gasteiger partial charge in [-0.1, -0.05) is 37.9 Å². The van der Waals surface area contributed by atoms with E-state index in [4.69, 9.17) is 0 Å². The molecule has 2 nitrogen and oxygen atoms in total. The number of hydrogen-bond donors (Lipinski definition) is 1. The van der Waals surface area contributed by atoms with Crippen molar-refractivity contribution in [1.29, 1.82) is 0 Å². The van der Waals surface area contributed by atoms with Gasteiger partial charge in [-0.3, -0.25) is 4.90 Å². The van der Waals surface area contributed by atoms with Gasteiger partial charge in [0.15, 0.2) is 0 Å². The molecule has 0 radical (unpaired) electrons. The van der Waals surface area contributed by atoms with Crippen molar-refractivity contribution >= 4 is 31.9 Å². The maximum absolute atomic E-state index is 3.80. The number of benzene rings is 1. The minimum atomic E-state index is 0.297. The zero-order valence-electron chi connectivity index (χ0n) is 13.4. The molecule has 1 heterocycles. The van der Waals surface area contributed by atoms with Crippen LogP contribution in [0.1, 0.15) is 52.1 Å². The third kappa shape index (κ3) is 4.78. The zero-order valence-corrected chi connectivity index (χ0v) is 16.6. The molecule has 2 rings (SSSR count). The summed E-state index contributed by atoms with van der Waals surface area (Å²) in [7, 11) is 0. The molecular formula is C17H26Br2N2. The smallest absolute Gasteiger partial charge is 0.0305 e. The lowest BCUT2D eigenvalue weighted by Crippen LogP contribution is -2.50. The van der Waals surface area contributed by atoms with E-state index in [0.717, 1.165) is 4.47 Å². The Morgan fingerprint density at radius 2 is 1.81 bits per heavy atom. The summed E-state index contributed by atoms with van der Waals surface area (Å²) >= 11 is 7.18. The lowest BCUT2D eigenvalue weighted by molar-refractivity contribution is 0.0942. The van der Waals surface area contributed by atoms with Crippen LogP contribution >= 0.6 is 31.9 Å². The summed E-state index contributed by atoms with van der Waals surface area (Å²) in [6.45, 7) is 11.6. The highest BCUT2D eigenvalue weighted by molar-refractivity contribution is 9.11. The summed E-state index contributed by atoms with van der Waals surface area (Å²) in [4.78, 5) is 2.59. The molecule has 1 aliphatic rings. The molecule has 1 aliphatic heterocycles. The van der Waals surface area contributed by atoms with E-state index >= 15 is 0 Å². The van der Waals surface area contributed by atoms with E-state index in [1.165, 1.54) is 36.0 Å². The largest absolute Gasteiger partial charge is 0.307 e. The van der Waals surface area contributed by atoms with E-state index in [-0.39, 0.29) is 0 Å². The summed E-state index contributed by atoms with van der Waals surface area (Å²) in [6, 6.07) is 7.42. The van der Waals surface area contributed by atoms with E-state index in [2.05, 4.69) is 88.0 Å². The highest BCUT2D eigenvalue weighted by Crippen LogP contribution is 2.28. The van der Waals surface area contributed by atoms with Crippen LogP contribution in [-0.4, -0.2) is 29.6 Å². The second kappa shape index (κ2) is 7.12. The quantitative estimate of drug-likeness (QED) is 0.733. The van der Waals surface area contributed by atoms with E-state index in [1.54, 1.807) is 0 Å². The Morgan fingerprint density at radius 3 is 2.33 bits per heavy atom. The fourth-order valence-electron chi connectivity index (χ4n) is 3.01. The third-order valence-corrected chi connectivity index (χ3v) is 5.54. The molecular weight excluding hydrogens is 392 g/mol. The van der Waals surface area contributed by atoms with Gasteiger partial charge in [-0.15, -0.1) is 0 Å². The predicted molar refractivity (Wildman–Crippen MR) is 97.7 cm³/mol. The fourth-order valence-corrected chi connectivity index (χ4v) is 4.40. The molecule has 21 heavy (non-hydrogen) atoms. The first-order valence-electron chi connectivity index (χ1n) is 7.73. The number of hydrogen-bond acceptors (Lipinski definition) is 2. The molecule has 0 spiro atoms. The molecule has 1 N–H and O–H groups in total. The van der Waals surface area contributed by atoms with Gasteiger partial charge in [0.1, 0.15) is 0 Å². The van der Waals surface area contributed by atoms with Crippen molar-refractivity contribution in [1.82, 2.24) is 10.2 Å². The van der Waals surface area contributed by atoms with Gasteiger partial charge in [-0.05, 0) is 58.2 Å². The zero-order chi connectivity index (χ0) is 15.6. The van der Waals surface area contributed by atoms with Gasteiger partial charge in [0, 0.05) is 39.7 Å². The molecule has 1 aromatic rings. The van der Waals surface area contributed by atoms with Gasteiger partial charge in [0.2, 0.25) is 0 Å². The minimum absolute atomic E-state index is 0.297. The van der Waals surface area contributed by atoms with Gasteiger partial charge < -0.3 is 5.32 Å². The average molecular weight is 418 g/mol. The van der Waals surface area contributed by atoms with Crippen molar-refractivity contribution < 1.29 is 0 Å². The predicted octanol–water partition coefficient (Wildman–Crippen LogP) is 5.13. The molecule has 1 saturated heterocycles. The molecule has 1 fully saturated rings. The van der Waals surface area contributed by atoms with Crippen LogP contribution in [0.4, 0.5) is 0 Å². The average Bonchev–Trinajstić information content (AvgIpc) is 2.38. The van der Waals surface area contributed by atoms with Crippen molar-refractivity contribution in [3.63, 3.8) is 0 Å². The second-order valence-electron chi connectivity index (χ2n) is 6.99. The third-order valence-electron chi connectivity index (χ3n) is 4.36. The van der Waals surface area contributed by atoms with Crippen molar-refractivity contribution in [3.8, 4) is 0 Å². The first kappa shape index (κ1) is 17.5. The lowest BCUT2D eigenvalue weighted by atomic mass is 9.97. The Kier molecular flexibility index (Phi) is 5.91. The Balaban J connectivity index is 1.91. The molecule has 0 bridgehead atoms. The summed E-state index contributed by atoms with van der Waals surface area (Å²) in [6.07, 6.45) is 2.46. The highest BCUT2D eigenvalue weighted by atomic mass is 79.9. The van der Waals surface area contributed by atoms with Crippen LogP contribution in [0.3, 0.4) is 0 Å². The van der Waals surface area contributed by atoms with Crippen molar-refractivity contribution in [2.75, 3.05) is 13.1 Å². The number of likely N-dealkylation sites (tertiary alicyclic amines) is 1. The van der Waals surface area contributed by atoms with Crippen molar-refractivity contribution in [2.45, 2.75) is 58.2 Å². The summed E-state index contributed by atoms with van der Waals surface area (Å²) in [5.74, 6) is 0. The Morgan fingerprint density at radius 1 is 1.19 bits per heavy atom. The van der Waals surface area contributed by atoms with Crippen molar-refractivity contribution in [2.24, 2.45) is 0 Å². The topological polar surface area (TPSA) is 15.3 Å². The normalized spacial score (nSPS) is 19.7. The van der Waals surface area contributed by atoms with E-state index in [1.807, 2.05) is 0 Å². The minimum Gasteiger partial charge on any atom is -0.307 e. The Labute approximate surface area is 145 Å². The fraction of sp³-hybridized carbons (Fsp3) is 0.647. The Hall–Kier alpha value is 0.1000. The SMILES string of the molecule is CC(NC1CCN(C(C)(C)C)CC1)c1ccc(Br)cc1Br. The molecule has 1 atom stereocenters. The summed E-state index contributed by atoms with van der Waals surface area (Å²) in [5, 5.41) is 3.80. The molecule has 0 amide bonds. The van der Waals surface area contributed by atoms with Crippen LogP contribution < -0.4 is 5.32 Å². The first-order chi connectivity index (χ1) is 9.77. The molecule has 1 aromatic carbocycles. The number of nitrogens with one attached hydrogen (secondary N) is 1. The van der Waals surface area contributed by atoms with Crippen LogP contribution in [0, 0.1) is 0 Å². The molecule has 0 aliphatic carbocycles. The van der Waals surface area contributed by atoms with Gasteiger partial charge in [0.25, 0.3) is 0 Å². The monoisotopic (exact) mass is 416 g/mol. The van der Waals surface area contributed by atoms with E-state index < -0.39 is 0 Å². The van der Waals surface area contributed by atoms with Crippen LogP contribution in [0.15, 0.2) is 27.1 Å². The molecule has 118 valence electrons. The van der Waals surface area contributed by atoms with Gasteiger partial charge >= 0.3 is 0 Å². The lowest BCUT2D eigenvalue weighted by Gasteiger charge is -2.41. The molecule has 0 aromatic heterocycles. The molecule has 0 saturated carbocycles. The highest BCUT2D eigenvalue weighted by Gasteiger charge is 2.27. The summed E-state index contributed by atoms with van der Waals surface area (Å²) in [5.41, 5.74) is 1.63. The van der Waals surface area contributed by atoms with Crippen LogP contribution in [0.25, 0.3) is 0 Å². The maximum Gasteiger partial charge on any atom is 0.0305 e. The number of nitrogens with zero attached hydrogens (tertiary/aromatic N) is 1. The van der Waals surface area contributed by atoms with Crippen LogP contribution in [0.5, 0.6) is 0 Å². The Bertz CT molecular complexity index is 474. The van der Waals surface area contributed by atoms with Crippen LogP contribution in [0.2, 0.25) is 0 Å². The number of piperidine rings is 1. The number of rotatable bonds is 3. The van der Waals surface area contributed by atoms with Gasteiger partial charge in [-0.2, -0.15) is 0 Å². The van der Waals surface area contributed by atoms with Gasteiger partial charge in [-0.25, -0.2) is 0 Å².